The number of aliphatic hydroxyl groups excluding tert-OH is 2. The van der Waals surface area contributed by atoms with Gasteiger partial charge < -0.3 is 53.9 Å². The highest BCUT2D eigenvalue weighted by Crippen LogP contribution is 2.45. The molecule has 6 heterocycles. The Kier molecular flexibility index (Phi) is 20.3. The third-order valence-corrected chi connectivity index (χ3v) is 17.4. The van der Waals surface area contributed by atoms with Crippen LogP contribution in [0.2, 0.25) is 0 Å². The largest absolute Gasteiger partial charge is 0.459 e. The van der Waals surface area contributed by atoms with Crippen LogP contribution in [0.15, 0.2) is 61.1 Å². The SMILES string of the molecule is CC[C@H]1OC(=O)[C@H](C)[C@@H](C2C[C@@](C)(OC)[C@@H](O)[C@H](C)O2)[C@H](C)[C@@H](O[C@H]2C[C@@H](N(C)CCc3cn(CCCCc4ccc(-n5cc(-c6ccccn6)nn5)cc4)nn3)C[C@@H](C)O2)[C@](C)([OH2+])C[C@@H](C)CN(C)[C@H](C)[C@@H](O)[C@]1(C)O. The Hall–Kier alpha value is -4.28. The Bertz CT molecular complexity index is 2460. The van der Waals surface area contributed by atoms with Crippen molar-refractivity contribution in [3.63, 3.8) is 0 Å². The first-order valence-electron chi connectivity index (χ1n) is 28.2. The number of aromatic nitrogens is 7. The molecule has 1 unspecified atom stereocenters. The van der Waals surface area contributed by atoms with Gasteiger partial charge in [0.15, 0.2) is 11.9 Å². The van der Waals surface area contributed by atoms with Gasteiger partial charge in [0.05, 0.1) is 53.1 Å². The minimum absolute atomic E-state index is 0.0358. The minimum atomic E-state index is -1.77. The highest BCUT2D eigenvalue weighted by molar-refractivity contribution is 5.73. The molecule has 0 spiro atoms. The molecule has 77 heavy (non-hydrogen) atoms. The van der Waals surface area contributed by atoms with Crippen molar-refractivity contribution in [2.75, 3.05) is 34.3 Å². The van der Waals surface area contributed by atoms with E-state index >= 15 is 0 Å². The summed E-state index contributed by atoms with van der Waals surface area (Å²) in [6.45, 7) is 20.9. The molecule has 0 aliphatic carbocycles. The van der Waals surface area contributed by atoms with Gasteiger partial charge in [0.25, 0.3) is 0 Å². The lowest BCUT2D eigenvalue weighted by molar-refractivity contribution is -0.275. The van der Waals surface area contributed by atoms with Gasteiger partial charge in [-0.25, -0.2) is 4.68 Å². The molecule has 3 aromatic heterocycles. The van der Waals surface area contributed by atoms with Gasteiger partial charge in [-0.2, -0.15) is 0 Å². The molecule has 0 bridgehead atoms. The van der Waals surface area contributed by atoms with Crippen LogP contribution in [0.25, 0.3) is 17.1 Å². The summed E-state index contributed by atoms with van der Waals surface area (Å²) >= 11 is 0. The predicted molar refractivity (Wildman–Crippen MR) is 293 cm³/mol. The lowest BCUT2D eigenvalue weighted by Crippen LogP contribution is -2.61. The molecule has 3 saturated heterocycles. The summed E-state index contributed by atoms with van der Waals surface area (Å²) in [4.78, 5) is 23.4. The van der Waals surface area contributed by atoms with E-state index in [9.17, 15) is 25.2 Å². The summed E-state index contributed by atoms with van der Waals surface area (Å²) in [5.41, 5.74) is 0.685. The number of carbonyl (C=O) groups excluding carboxylic acids is 1. The fourth-order valence-corrected chi connectivity index (χ4v) is 12.7. The summed E-state index contributed by atoms with van der Waals surface area (Å²) in [6, 6.07) is 13.8. The number of methoxy groups -OCH3 is 1. The van der Waals surface area contributed by atoms with Crippen LogP contribution >= 0.6 is 0 Å². The monoisotopic (exact) mass is 1070 g/mol. The van der Waals surface area contributed by atoms with E-state index in [1.54, 1.807) is 18.0 Å². The summed E-state index contributed by atoms with van der Waals surface area (Å²) in [6.07, 6.45) is 5.68. The number of nitrogens with zero attached hydrogens (tertiary/aromatic N) is 9. The second-order valence-corrected chi connectivity index (χ2v) is 23.8. The van der Waals surface area contributed by atoms with Gasteiger partial charge in [-0.05, 0) is 122 Å². The number of aryl methyl sites for hydroxylation is 2. The number of carbonyl (C=O) groups is 1. The van der Waals surface area contributed by atoms with Crippen LogP contribution in [-0.4, -0.2) is 183 Å². The smallest absolute Gasteiger partial charge is 0.309 e. The third kappa shape index (κ3) is 14.6. The van der Waals surface area contributed by atoms with Crippen molar-refractivity contribution in [1.29, 1.82) is 0 Å². The first-order chi connectivity index (χ1) is 36.4. The van der Waals surface area contributed by atoms with E-state index in [0.717, 1.165) is 68.0 Å². The number of cyclic esters (lactones) is 1. The van der Waals surface area contributed by atoms with Crippen LogP contribution < -0.4 is 0 Å². The van der Waals surface area contributed by atoms with Gasteiger partial charge in [0.2, 0.25) is 0 Å². The Morgan fingerprint density at radius 3 is 2.32 bits per heavy atom. The van der Waals surface area contributed by atoms with Crippen molar-refractivity contribution in [2.24, 2.45) is 23.7 Å². The van der Waals surface area contributed by atoms with Crippen LogP contribution in [-0.2, 0) is 47.9 Å². The topological polar surface area (TPSA) is 228 Å². The lowest BCUT2D eigenvalue weighted by atomic mass is 9.68. The summed E-state index contributed by atoms with van der Waals surface area (Å²) in [5.74, 6) is -2.50. The van der Waals surface area contributed by atoms with E-state index in [4.69, 9.17) is 23.7 Å². The van der Waals surface area contributed by atoms with Gasteiger partial charge >= 0.3 is 5.97 Å². The van der Waals surface area contributed by atoms with E-state index in [2.05, 4.69) is 81.9 Å². The van der Waals surface area contributed by atoms with Crippen LogP contribution in [0, 0.1) is 23.7 Å². The summed E-state index contributed by atoms with van der Waals surface area (Å²) in [7, 11) is 5.62. The summed E-state index contributed by atoms with van der Waals surface area (Å²) in [5, 5.41) is 62.9. The highest BCUT2D eigenvalue weighted by atomic mass is 16.7. The fraction of sp³-hybridized carbons (Fsp3) is 0.724. The van der Waals surface area contributed by atoms with Gasteiger partial charge in [0.1, 0.15) is 35.7 Å². The maximum absolute atomic E-state index is 14.7. The molecule has 4 aromatic rings. The molecule has 0 radical (unpaired) electrons. The second kappa shape index (κ2) is 25.9. The molecule has 7 rings (SSSR count). The van der Waals surface area contributed by atoms with Crippen LogP contribution in [0.5, 0.6) is 0 Å². The molecule has 0 saturated carbocycles. The number of rotatable bonds is 16. The number of aliphatic hydroxyl groups is 3. The molecular weight excluding hydrogens is 983 g/mol. The second-order valence-electron chi connectivity index (χ2n) is 23.8. The van der Waals surface area contributed by atoms with E-state index in [-0.39, 0.29) is 30.9 Å². The first kappa shape index (κ1) is 60.4. The van der Waals surface area contributed by atoms with E-state index in [0.29, 0.717) is 19.4 Å². The predicted octanol–water partition coefficient (Wildman–Crippen LogP) is 5.81. The van der Waals surface area contributed by atoms with Gasteiger partial charge in [0, 0.05) is 89.7 Å². The fourth-order valence-electron chi connectivity index (χ4n) is 12.7. The van der Waals surface area contributed by atoms with E-state index in [1.807, 2.05) is 89.5 Å². The van der Waals surface area contributed by atoms with Gasteiger partial charge in [-0.1, -0.05) is 56.3 Å². The molecule has 3 aliphatic rings. The van der Waals surface area contributed by atoms with Crippen molar-refractivity contribution >= 4 is 5.97 Å². The number of pyridine rings is 1. The van der Waals surface area contributed by atoms with Crippen molar-refractivity contribution in [3.8, 4) is 17.1 Å². The maximum atomic E-state index is 14.7. The number of hydrogen-bond donors (Lipinski definition) is 3. The molecule has 5 N–H and O–H groups in total. The zero-order valence-corrected chi connectivity index (χ0v) is 48.2. The zero-order chi connectivity index (χ0) is 56.0. The van der Waals surface area contributed by atoms with Crippen LogP contribution in [0.4, 0.5) is 0 Å². The zero-order valence-electron chi connectivity index (χ0n) is 48.2. The minimum Gasteiger partial charge on any atom is -0.459 e. The first-order valence-corrected chi connectivity index (χ1v) is 28.2. The van der Waals surface area contributed by atoms with Crippen molar-refractivity contribution in [3.05, 3.63) is 72.3 Å². The van der Waals surface area contributed by atoms with E-state index in [1.165, 1.54) is 12.5 Å². The third-order valence-electron chi connectivity index (χ3n) is 17.4. The average Bonchev–Trinajstić information content (AvgIpc) is 4.10. The number of ether oxygens (including phenoxy) is 5. The standard InChI is InChI=1S/C58H91N9O10/c1-14-49-58(10,72)52(68)40(6)65(12)33-36(2)31-56(8,71)54(38(4)51(39(5)55(70)76-49)48-32-57(9,73-13)53(69)41(7)75-48)77-50-30-45(29-37(3)74-50)64(11)28-25-43-34-66(62-60-43)27-18-16-19-42-21-23-44(24-22-42)67-35-47(61-63-67)46-20-15-17-26-59-46/h15,17,20-24,26,34-41,45,48-54,68-69,71-72H,14,16,18-19,25,27-33H2,1-13H3/p+1/t36-,37-,38+,39-,40-,41+,45+,48?,49-,50+,51+,52-,53+,54-,56-,57-,58-/m1/s1. The lowest BCUT2D eigenvalue weighted by Gasteiger charge is -2.50. The van der Waals surface area contributed by atoms with Gasteiger partial charge in [-0.15, -0.1) is 10.2 Å². The molecule has 1 aromatic carbocycles. The number of benzene rings is 1. The molecule has 17 atom stereocenters. The normalized spacial score (nSPS) is 36.3. The van der Waals surface area contributed by atoms with Crippen molar-refractivity contribution < 1.29 is 48.9 Å². The molecular formula is C58H92N9O10+. The molecule has 0 amide bonds. The number of hydrogen-bond acceptors (Lipinski definition) is 16. The maximum Gasteiger partial charge on any atom is 0.309 e. The Balaban J connectivity index is 1.01. The van der Waals surface area contributed by atoms with Crippen molar-refractivity contribution in [2.45, 2.75) is 211 Å². The molecule has 3 fully saturated rings. The molecule has 428 valence electrons. The molecule has 19 nitrogen and oxygen atoms in total. The molecule has 19 heteroatoms. The average molecular weight is 1080 g/mol. The Morgan fingerprint density at radius 1 is 0.896 bits per heavy atom. The number of esters is 1. The van der Waals surface area contributed by atoms with Crippen molar-refractivity contribution in [1.82, 2.24) is 44.8 Å². The van der Waals surface area contributed by atoms with Gasteiger partial charge in [-0.3, -0.25) is 14.5 Å². The molecule has 3 aliphatic heterocycles. The number of likely N-dealkylation sites (N-methyl/N-ethyl adjacent to an activating group) is 2. The number of unbranched alkanes of at least 4 members (excludes halogenated alkanes) is 1. The summed E-state index contributed by atoms with van der Waals surface area (Å²) < 4.78 is 36.5. The Labute approximate surface area is 457 Å². The Morgan fingerprint density at radius 2 is 1.64 bits per heavy atom. The van der Waals surface area contributed by atoms with Crippen LogP contribution in [0.1, 0.15) is 125 Å². The van der Waals surface area contributed by atoms with Crippen LogP contribution in [0.3, 0.4) is 0 Å². The quantitative estimate of drug-likeness (QED) is 0.0684. The highest BCUT2D eigenvalue weighted by Gasteiger charge is 2.55. The van der Waals surface area contributed by atoms with E-state index < -0.39 is 89.5 Å².